The lowest BCUT2D eigenvalue weighted by Crippen LogP contribution is -2.10. The van der Waals surface area contributed by atoms with Crippen molar-refractivity contribution in [2.24, 2.45) is 0 Å². The fourth-order valence-electron chi connectivity index (χ4n) is 1.29. The Balaban J connectivity index is 3.44. The van der Waals surface area contributed by atoms with Gasteiger partial charge in [0.05, 0.1) is 6.61 Å². The first-order chi connectivity index (χ1) is 9.15. The monoisotopic (exact) mass is 303 g/mol. The minimum absolute atomic E-state index is 0.126. The molecule has 5 nitrogen and oxygen atoms in total. The van der Waals surface area contributed by atoms with Gasteiger partial charge >= 0.3 is 5.97 Å². The van der Waals surface area contributed by atoms with Crippen LogP contribution in [-0.4, -0.2) is 29.6 Å². The van der Waals surface area contributed by atoms with Crippen LogP contribution in [0.2, 0.25) is 0 Å². The molecular formula is C11H13BrN2O3. The van der Waals surface area contributed by atoms with Crippen molar-refractivity contribution >= 4 is 33.5 Å². The van der Waals surface area contributed by atoms with E-state index in [9.17, 15) is 9.90 Å². The molecule has 0 unspecified atom stereocenters. The average molecular weight is 304 g/mol. The zero-order chi connectivity index (χ0) is 15.5. The highest BCUT2D eigenvalue weighted by Crippen LogP contribution is 2.27. The number of rotatable bonds is 5. The summed E-state index contributed by atoms with van der Waals surface area (Å²) >= 11 is 3.10. The molecule has 92 valence electrons. The smallest absolute Gasteiger partial charge is 0.340 e. The molecule has 1 rings (SSSR count). The summed E-state index contributed by atoms with van der Waals surface area (Å²) in [6.45, 7) is 3.10. The van der Waals surface area contributed by atoms with Crippen LogP contribution in [0.4, 0.5) is 5.82 Å². The molecule has 0 aliphatic carbocycles. The second-order valence-corrected chi connectivity index (χ2v) is 3.81. The first-order valence-electron chi connectivity index (χ1n) is 6.19. The number of carbonyl (C=O) groups is 1. The number of hydrogen-bond donors (Lipinski definition) is 2. The number of hydrogen-bond acceptors (Lipinski definition) is 4. The van der Waals surface area contributed by atoms with Crippen LogP contribution in [0.3, 0.4) is 0 Å². The molecule has 0 aliphatic rings. The van der Waals surface area contributed by atoms with Crippen molar-refractivity contribution in [2.75, 3.05) is 18.9 Å². The minimum atomic E-state index is -2.57. The summed E-state index contributed by atoms with van der Waals surface area (Å²) in [4.78, 5) is 15.2. The van der Waals surface area contributed by atoms with Gasteiger partial charge in [-0.3, -0.25) is 0 Å². The van der Waals surface area contributed by atoms with E-state index in [2.05, 4.69) is 32.8 Å². The lowest BCUT2D eigenvalue weighted by atomic mass is 10.1. The third-order valence-electron chi connectivity index (χ3n) is 1.94. The van der Waals surface area contributed by atoms with Crippen molar-refractivity contribution in [3.63, 3.8) is 0 Å². The SMILES string of the molecule is [2H]C([2H])([2H])Nc1nc(Br)cc(C(=C)OCC)c1C(=O)O. The topological polar surface area (TPSA) is 71.5 Å². The van der Waals surface area contributed by atoms with Crippen LogP contribution in [0, 0.1) is 0 Å². The molecule has 0 saturated carbocycles. The van der Waals surface area contributed by atoms with E-state index in [0.29, 0.717) is 6.61 Å². The largest absolute Gasteiger partial charge is 0.494 e. The molecule has 0 aliphatic heterocycles. The fourth-order valence-corrected chi connectivity index (χ4v) is 1.70. The predicted molar refractivity (Wildman–Crippen MR) is 69.1 cm³/mol. The second kappa shape index (κ2) is 5.67. The van der Waals surface area contributed by atoms with Crippen LogP contribution in [-0.2, 0) is 4.74 Å². The Hall–Kier alpha value is -1.56. The standard InChI is InChI=1S/C11H13BrN2O3/c1-4-17-6(2)7-5-8(12)14-10(13-3)9(7)11(15)16/h5H,2,4H2,1,3H3,(H,13,14)(H,15,16)/i3D3. The lowest BCUT2D eigenvalue weighted by Gasteiger charge is -2.13. The predicted octanol–water partition coefficient (Wildman–Crippen LogP) is 2.59. The molecule has 0 aromatic carbocycles. The molecule has 2 N–H and O–H groups in total. The van der Waals surface area contributed by atoms with Gasteiger partial charge in [-0.15, -0.1) is 0 Å². The highest BCUT2D eigenvalue weighted by molar-refractivity contribution is 9.10. The van der Waals surface area contributed by atoms with Crippen LogP contribution in [0.1, 0.15) is 27.0 Å². The van der Waals surface area contributed by atoms with Crippen molar-refractivity contribution in [1.29, 1.82) is 0 Å². The number of carboxylic acids is 1. The van der Waals surface area contributed by atoms with Gasteiger partial charge in [0.25, 0.3) is 0 Å². The highest BCUT2D eigenvalue weighted by Gasteiger charge is 2.20. The molecular weight excluding hydrogens is 288 g/mol. The van der Waals surface area contributed by atoms with Gasteiger partial charge in [-0.25, -0.2) is 9.78 Å². The van der Waals surface area contributed by atoms with Crippen molar-refractivity contribution in [3.05, 3.63) is 28.4 Å². The summed E-state index contributed by atoms with van der Waals surface area (Å²) in [7, 11) is 0. The fraction of sp³-hybridized carbons (Fsp3) is 0.273. The maximum atomic E-state index is 11.4. The number of carboxylic acid groups (broad SMARTS) is 1. The van der Waals surface area contributed by atoms with Gasteiger partial charge in [-0.05, 0) is 28.9 Å². The Labute approximate surface area is 112 Å². The minimum Gasteiger partial charge on any atom is -0.494 e. The van der Waals surface area contributed by atoms with E-state index in [0.717, 1.165) is 0 Å². The number of aromatic carboxylic acids is 1. The van der Waals surface area contributed by atoms with Gasteiger partial charge in [0.1, 0.15) is 21.7 Å². The van der Waals surface area contributed by atoms with E-state index in [1.807, 2.05) is 0 Å². The van der Waals surface area contributed by atoms with Gasteiger partial charge < -0.3 is 15.2 Å². The number of pyridine rings is 1. The maximum Gasteiger partial charge on any atom is 0.340 e. The zero-order valence-electron chi connectivity index (χ0n) is 12.1. The molecule has 6 heteroatoms. The number of halogens is 1. The van der Waals surface area contributed by atoms with Crippen LogP contribution in [0.25, 0.3) is 5.76 Å². The van der Waals surface area contributed by atoms with Gasteiger partial charge in [-0.1, -0.05) is 6.58 Å². The summed E-state index contributed by atoms with van der Waals surface area (Å²) in [5.41, 5.74) is -0.143. The number of anilines is 1. The normalized spacial score (nSPS) is 13.2. The Kier molecular flexibility index (Phi) is 3.16. The van der Waals surface area contributed by atoms with E-state index in [1.54, 1.807) is 6.92 Å². The molecule has 0 spiro atoms. The zero-order valence-corrected chi connectivity index (χ0v) is 10.7. The third kappa shape index (κ3) is 2.97. The van der Waals surface area contributed by atoms with Crippen LogP contribution >= 0.6 is 15.9 Å². The number of nitrogens with one attached hydrogen (secondary N) is 1. The molecule has 0 bridgehead atoms. The van der Waals surface area contributed by atoms with E-state index in [4.69, 9.17) is 8.85 Å². The Morgan fingerprint density at radius 2 is 2.53 bits per heavy atom. The second-order valence-electron chi connectivity index (χ2n) is 3.00. The van der Waals surface area contributed by atoms with Gasteiger partial charge in [0.2, 0.25) is 0 Å². The van der Waals surface area contributed by atoms with Crippen LogP contribution in [0.15, 0.2) is 17.2 Å². The molecule has 0 amide bonds. The van der Waals surface area contributed by atoms with Gasteiger partial charge in [0, 0.05) is 16.7 Å². The highest BCUT2D eigenvalue weighted by atomic mass is 79.9. The molecule has 1 heterocycles. The third-order valence-corrected chi connectivity index (χ3v) is 2.35. The molecule has 0 fully saturated rings. The first-order valence-corrected chi connectivity index (χ1v) is 5.49. The lowest BCUT2D eigenvalue weighted by molar-refractivity contribution is 0.0696. The summed E-state index contributed by atoms with van der Waals surface area (Å²) in [6.07, 6.45) is 0. The van der Waals surface area contributed by atoms with Crippen molar-refractivity contribution < 1.29 is 18.8 Å². The number of ether oxygens (including phenoxy) is 1. The summed E-state index contributed by atoms with van der Waals surface area (Å²) < 4.78 is 26.9. The quantitative estimate of drug-likeness (QED) is 0.646. The Morgan fingerprint density at radius 3 is 3.06 bits per heavy atom. The van der Waals surface area contributed by atoms with Gasteiger partial charge in [-0.2, -0.15) is 0 Å². The molecule has 1 aromatic heterocycles. The Bertz CT molecular complexity index is 546. The number of aromatic nitrogens is 1. The summed E-state index contributed by atoms with van der Waals surface area (Å²) in [6, 6.07) is 1.41. The molecule has 17 heavy (non-hydrogen) atoms. The molecule has 0 saturated heterocycles. The number of nitrogens with zero attached hydrogens (tertiary/aromatic N) is 1. The molecule has 0 radical (unpaired) electrons. The molecule has 0 atom stereocenters. The van der Waals surface area contributed by atoms with E-state index < -0.39 is 12.9 Å². The van der Waals surface area contributed by atoms with Crippen molar-refractivity contribution in [3.8, 4) is 0 Å². The van der Waals surface area contributed by atoms with Gasteiger partial charge in [0.15, 0.2) is 0 Å². The van der Waals surface area contributed by atoms with Crippen molar-refractivity contribution in [2.45, 2.75) is 6.92 Å². The van der Waals surface area contributed by atoms with E-state index >= 15 is 0 Å². The Morgan fingerprint density at radius 1 is 1.82 bits per heavy atom. The van der Waals surface area contributed by atoms with Crippen LogP contribution < -0.4 is 5.32 Å². The first kappa shape index (κ1) is 9.47. The molecule has 1 aromatic rings. The van der Waals surface area contributed by atoms with Crippen LogP contribution in [0.5, 0.6) is 0 Å². The summed E-state index contributed by atoms with van der Waals surface area (Å²) in [5.74, 6) is -1.48. The summed E-state index contributed by atoms with van der Waals surface area (Å²) in [5, 5.41) is 11.4. The average Bonchev–Trinajstić information content (AvgIpc) is 2.25. The maximum absolute atomic E-state index is 11.4. The van der Waals surface area contributed by atoms with Crippen molar-refractivity contribution in [1.82, 2.24) is 4.98 Å². The van der Waals surface area contributed by atoms with E-state index in [1.165, 1.54) is 6.07 Å². The van der Waals surface area contributed by atoms with E-state index in [-0.39, 0.29) is 27.3 Å².